The van der Waals surface area contributed by atoms with Crippen molar-refractivity contribution in [2.75, 3.05) is 6.54 Å². The van der Waals surface area contributed by atoms with E-state index in [0.717, 1.165) is 18.7 Å². The first-order chi connectivity index (χ1) is 9.70. The molecular formula is C17H23NOS. The normalized spacial score (nSPS) is 12.3. The molecule has 20 heavy (non-hydrogen) atoms. The number of rotatable bonds is 7. The third-order valence-electron chi connectivity index (χ3n) is 3.37. The van der Waals surface area contributed by atoms with Crippen molar-refractivity contribution < 1.29 is 4.74 Å². The predicted octanol–water partition coefficient (Wildman–Crippen LogP) is 4.70. The van der Waals surface area contributed by atoms with E-state index in [-0.39, 0.29) is 0 Å². The molecule has 0 amide bonds. The van der Waals surface area contributed by atoms with Crippen LogP contribution in [0, 0.1) is 6.92 Å². The van der Waals surface area contributed by atoms with Crippen LogP contribution >= 0.6 is 11.3 Å². The van der Waals surface area contributed by atoms with Crippen molar-refractivity contribution in [3.8, 4) is 5.75 Å². The van der Waals surface area contributed by atoms with E-state index in [9.17, 15) is 0 Å². The highest BCUT2D eigenvalue weighted by atomic mass is 32.1. The fourth-order valence-electron chi connectivity index (χ4n) is 2.12. The Morgan fingerprint density at radius 1 is 1.30 bits per heavy atom. The minimum absolute atomic E-state index is 0.388. The number of aryl methyl sites for hydroxylation is 1. The van der Waals surface area contributed by atoms with Crippen LogP contribution in [0.3, 0.4) is 0 Å². The lowest BCUT2D eigenvalue weighted by Crippen LogP contribution is -2.19. The molecule has 2 rings (SSSR count). The topological polar surface area (TPSA) is 21.3 Å². The Bertz CT molecular complexity index is 522. The smallest absolute Gasteiger partial charge is 0.122 e. The van der Waals surface area contributed by atoms with Crippen LogP contribution in [-0.4, -0.2) is 6.54 Å². The molecule has 0 fully saturated rings. The summed E-state index contributed by atoms with van der Waals surface area (Å²) in [5.41, 5.74) is 3.75. The van der Waals surface area contributed by atoms with E-state index in [4.69, 9.17) is 4.74 Å². The molecule has 0 spiro atoms. The summed E-state index contributed by atoms with van der Waals surface area (Å²) in [6, 6.07) is 8.95. The van der Waals surface area contributed by atoms with Gasteiger partial charge in [0.25, 0.3) is 0 Å². The third-order valence-corrected chi connectivity index (χ3v) is 4.11. The highest BCUT2D eigenvalue weighted by molar-refractivity contribution is 7.07. The summed E-state index contributed by atoms with van der Waals surface area (Å²) in [7, 11) is 0. The Morgan fingerprint density at radius 3 is 2.80 bits per heavy atom. The van der Waals surface area contributed by atoms with E-state index >= 15 is 0 Å². The molecule has 0 aliphatic heterocycles. The maximum absolute atomic E-state index is 5.88. The van der Waals surface area contributed by atoms with Crippen LogP contribution in [0.5, 0.6) is 5.75 Å². The van der Waals surface area contributed by atoms with Crippen LogP contribution in [0.15, 0.2) is 35.0 Å². The number of thiophene rings is 1. The van der Waals surface area contributed by atoms with Crippen molar-refractivity contribution in [1.82, 2.24) is 5.32 Å². The molecule has 0 aliphatic carbocycles. The summed E-state index contributed by atoms with van der Waals surface area (Å²) in [4.78, 5) is 0. The van der Waals surface area contributed by atoms with Crippen LogP contribution in [0.25, 0.3) is 0 Å². The number of hydrogen-bond donors (Lipinski definition) is 1. The first-order valence-electron chi connectivity index (χ1n) is 7.18. The molecule has 2 aromatic rings. The van der Waals surface area contributed by atoms with Crippen molar-refractivity contribution in [1.29, 1.82) is 0 Å². The van der Waals surface area contributed by atoms with E-state index in [1.54, 1.807) is 11.3 Å². The fraction of sp³-hybridized carbons (Fsp3) is 0.412. The Labute approximate surface area is 125 Å². The maximum atomic E-state index is 5.88. The van der Waals surface area contributed by atoms with E-state index in [1.165, 1.54) is 16.7 Å². The van der Waals surface area contributed by atoms with Gasteiger partial charge < -0.3 is 10.1 Å². The molecule has 0 radical (unpaired) electrons. The van der Waals surface area contributed by atoms with Crippen LogP contribution < -0.4 is 10.1 Å². The predicted molar refractivity (Wildman–Crippen MR) is 86.5 cm³/mol. The summed E-state index contributed by atoms with van der Waals surface area (Å²) >= 11 is 1.70. The minimum atomic E-state index is 0.388. The van der Waals surface area contributed by atoms with Gasteiger partial charge in [-0.1, -0.05) is 19.1 Å². The largest absolute Gasteiger partial charge is 0.489 e. The number of nitrogens with one attached hydrogen (secondary N) is 1. The van der Waals surface area contributed by atoms with Gasteiger partial charge in [-0.25, -0.2) is 0 Å². The van der Waals surface area contributed by atoms with E-state index in [2.05, 4.69) is 61.1 Å². The highest BCUT2D eigenvalue weighted by Crippen LogP contribution is 2.24. The lowest BCUT2D eigenvalue weighted by atomic mass is 10.0. The summed E-state index contributed by atoms with van der Waals surface area (Å²) in [6.45, 7) is 8.20. The van der Waals surface area contributed by atoms with Gasteiger partial charge >= 0.3 is 0 Å². The SMILES string of the molecule is CCCNC(C)c1ccc(OCc2ccsc2)c(C)c1. The molecule has 0 saturated heterocycles. The molecule has 1 unspecified atom stereocenters. The van der Waals surface area contributed by atoms with E-state index in [1.807, 2.05) is 0 Å². The molecule has 3 heteroatoms. The van der Waals surface area contributed by atoms with Crippen molar-refractivity contribution in [2.24, 2.45) is 0 Å². The molecule has 0 bridgehead atoms. The molecule has 1 atom stereocenters. The van der Waals surface area contributed by atoms with Gasteiger partial charge in [0.2, 0.25) is 0 Å². The minimum Gasteiger partial charge on any atom is -0.489 e. The second kappa shape index (κ2) is 7.46. The Balaban J connectivity index is 1.98. The fourth-order valence-corrected chi connectivity index (χ4v) is 2.77. The monoisotopic (exact) mass is 289 g/mol. The molecule has 0 aliphatic rings. The number of benzene rings is 1. The van der Waals surface area contributed by atoms with Crippen LogP contribution in [-0.2, 0) is 6.61 Å². The first-order valence-corrected chi connectivity index (χ1v) is 8.12. The van der Waals surface area contributed by atoms with Crippen molar-refractivity contribution in [2.45, 2.75) is 39.8 Å². The Kier molecular flexibility index (Phi) is 5.62. The van der Waals surface area contributed by atoms with E-state index < -0.39 is 0 Å². The molecule has 108 valence electrons. The zero-order chi connectivity index (χ0) is 14.4. The number of ether oxygens (including phenoxy) is 1. The van der Waals surface area contributed by atoms with Crippen molar-refractivity contribution in [3.63, 3.8) is 0 Å². The van der Waals surface area contributed by atoms with Gasteiger partial charge in [-0.05, 0) is 66.4 Å². The molecule has 2 nitrogen and oxygen atoms in total. The van der Waals surface area contributed by atoms with Crippen LogP contribution in [0.4, 0.5) is 0 Å². The summed E-state index contributed by atoms with van der Waals surface area (Å²) in [5, 5.41) is 7.71. The lowest BCUT2D eigenvalue weighted by Gasteiger charge is -2.16. The summed E-state index contributed by atoms with van der Waals surface area (Å²) in [5.74, 6) is 0.975. The summed E-state index contributed by atoms with van der Waals surface area (Å²) in [6.07, 6.45) is 1.16. The molecule has 1 aromatic carbocycles. The van der Waals surface area contributed by atoms with Gasteiger partial charge in [-0.3, -0.25) is 0 Å². The third kappa shape index (κ3) is 4.09. The standard InChI is InChI=1S/C17H23NOS/c1-4-8-18-14(3)16-5-6-17(13(2)10-16)19-11-15-7-9-20-12-15/h5-7,9-10,12,14,18H,4,8,11H2,1-3H3. The average Bonchev–Trinajstić information content (AvgIpc) is 2.96. The highest BCUT2D eigenvalue weighted by Gasteiger charge is 2.07. The van der Waals surface area contributed by atoms with Crippen LogP contribution in [0.1, 0.15) is 43.0 Å². The van der Waals surface area contributed by atoms with Gasteiger partial charge in [0.1, 0.15) is 12.4 Å². The quantitative estimate of drug-likeness (QED) is 0.798. The zero-order valence-electron chi connectivity index (χ0n) is 12.5. The second-order valence-corrected chi connectivity index (χ2v) is 5.90. The van der Waals surface area contributed by atoms with Gasteiger partial charge in [0.15, 0.2) is 0 Å². The first kappa shape index (κ1) is 15.1. The molecular weight excluding hydrogens is 266 g/mol. The number of hydrogen-bond acceptors (Lipinski definition) is 3. The maximum Gasteiger partial charge on any atom is 0.122 e. The van der Waals surface area contributed by atoms with Crippen molar-refractivity contribution >= 4 is 11.3 Å². The Morgan fingerprint density at radius 2 is 2.15 bits per heavy atom. The zero-order valence-corrected chi connectivity index (χ0v) is 13.3. The van der Waals surface area contributed by atoms with Gasteiger partial charge in [0, 0.05) is 6.04 Å². The molecule has 0 saturated carbocycles. The van der Waals surface area contributed by atoms with E-state index in [0.29, 0.717) is 12.6 Å². The average molecular weight is 289 g/mol. The lowest BCUT2D eigenvalue weighted by molar-refractivity contribution is 0.304. The Hall–Kier alpha value is -1.32. The molecule has 1 heterocycles. The molecule has 1 N–H and O–H groups in total. The second-order valence-electron chi connectivity index (χ2n) is 5.12. The molecule has 1 aromatic heterocycles. The van der Waals surface area contributed by atoms with Gasteiger partial charge in [0.05, 0.1) is 0 Å². The summed E-state index contributed by atoms with van der Waals surface area (Å²) < 4.78 is 5.88. The van der Waals surface area contributed by atoms with Gasteiger partial charge in [-0.15, -0.1) is 0 Å². The van der Waals surface area contributed by atoms with Crippen LogP contribution in [0.2, 0.25) is 0 Å². The van der Waals surface area contributed by atoms with Gasteiger partial charge in [-0.2, -0.15) is 11.3 Å². The van der Waals surface area contributed by atoms with Crippen molar-refractivity contribution in [3.05, 3.63) is 51.7 Å².